The molecule has 2 saturated heterocycles. The van der Waals surface area contributed by atoms with Crippen LogP contribution < -0.4 is 4.90 Å². The van der Waals surface area contributed by atoms with Gasteiger partial charge in [-0.1, -0.05) is 6.07 Å². The largest absolute Gasteiger partial charge is 0.381 e. The lowest BCUT2D eigenvalue weighted by Gasteiger charge is -2.40. The van der Waals surface area contributed by atoms with Crippen molar-refractivity contribution < 1.29 is 14.4 Å². The van der Waals surface area contributed by atoms with E-state index < -0.39 is 0 Å². The zero-order valence-electron chi connectivity index (χ0n) is 12.1. The lowest BCUT2D eigenvalue weighted by atomic mass is 9.77. The Morgan fingerprint density at radius 2 is 2.05 bits per heavy atom. The summed E-state index contributed by atoms with van der Waals surface area (Å²) in [5.41, 5.74) is -0.322. The molecule has 0 aromatic carbocycles. The summed E-state index contributed by atoms with van der Waals surface area (Å²) in [6, 6.07) is 4.17. The van der Waals surface area contributed by atoms with Crippen molar-refractivity contribution >= 4 is 17.2 Å². The Hall–Kier alpha value is -0.910. The van der Waals surface area contributed by atoms with E-state index in [0.717, 1.165) is 39.0 Å². The molecule has 1 aromatic heterocycles. The average Bonchev–Trinajstić information content (AvgIpc) is 3.03. The second kappa shape index (κ2) is 5.84. The molecule has 4 nitrogen and oxygen atoms in total. The number of carbonyl (C=O) groups is 1. The van der Waals surface area contributed by atoms with Gasteiger partial charge in [0.25, 0.3) is 0 Å². The van der Waals surface area contributed by atoms with Crippen LogP contribution in [0.2, 0.25) is 0 Å². The van der Waals surface area contributed by atoms with Gasteiger partial charge in [0.2, 0.25) is 5.91 Å². The molecule has 0 unspecified atom stereocenters. The molecule has 0 bridgehead atoms. The monoisotopic (exact) mass is 295 g/mol. The second-order valence-electron chi connectivity index (χ2n) is 5.92. The van der Waals surface area contributed by atoms with E-state index in [1.807, 2.05) is 0 Å². The summed E-state index contributed by atoms with van der Waals surface area (Å²) in [5.74, 6) is 0.329. The summed E-state index contributed by atoms with van der Waals surface area (Å²) in [7, 11) is 2.20. The topological polar surface area (TPSA) is 34.0 Å². The highest BCUT2D eigenvalue weighted by atomic mass is 32.1. The minimum absolute atomic E-state index is 0.322. The fourth-order valence-corrected chi connectivity index (χ4v) is 4.21. The molecule has 3 rings (SSSR count). The number of amides is 1. The third kappa shape index (κ3) is 2.50. The Morgan fingerprint density at radius 1 is 1.35 bits per heavy atom. The summed E-state index contributed by atoms with van der Waals surface area (Å²) >= 11 is 1.71. The maximum absolute atomic E-state index is 13.1. The number of quaternary nitrogens is 1. The quantitative estimate of drug-likeness (QED) is 0.843. The third-order valence-corrected chi connectivity index (χ3v) is 5.73. The van der Waals surface area contributed by atoms with Gasteiger partial charge >= 0.3 is 0 Å². The fourth-order valence-electron chi connectivity index (χ4n) is 3.23. The Labute approximate surface area is 124 Å². The van der Waals surface area contributed by atoms with Crippen molar-refractivity contribution in [3.63, 3.8) is 0 Å². The molecule has 3 heterocycles. The normalized spacial score (nSPS) is 23.8. The van der Waals surface area contributed by atoms with Crippen molar-refractivity contribution in [2.75, 3.05) is 46.4 Å². The van der Waals surface area contributed by atoms with Gasteiger partial charge in [0.1, 0.15) is 0 Å². The van der Waals surface area contributed by atoms with Gasteiger partial charge in [-0.05, 0) is 24.3 Å². The molecular weight excluding hydrogens is 272 g/mol. The maximum atomic E-state index is 13.1. The van der Waals surface area contributed by atoms with Crippen LogP contribution in [0.25, 0.3) is 0 Å². The molecule has 1 aromatic rings. The molecule has 110 valence electrons. The molecule has 2 aliphatic rings. The summed E-state index contributed by atoms with van der Waals surface area (Å²) in [4.78, 5) is 18.0. The van der Waals surface area contributed by atoms with Crippen molar-refractivity contribution in [3.8, 4) is 0 Å². The van der Waals surface area contributed by atoms with E-state index in [4.69, 9.17) is 4.74 Å². The zero-order valence-corrected chi connectivity index (χ0v) is 12.9. The Balaban J connectivity index is 1.84. The van der Waals surface area contributed by atoms with Crippen molar-refractivity contribution in [2.45, 2.75) is 18.3 Å². The molecule has 0 radical (unpaired) electrons. The van der Waals surface area contributed by atoms with Gasteiger partial charge in [0.15, 0.2) is 0 Å². The van der Waals surface area contributed by atoms with Gasteiger partial charge in [0, 0.05) is 18.1 Å². The third-order valence-electron chi connectivity index (χ3n) is 4.65. The van der Waals surface area contributed by atoms with Crippen LogP contribution in [0.1, 0.15) is 17.7 Å². The van der Waals surface area contributed by atoms with Crippen LogP contribution in [0.5, 0.6) is 0 Å². The molecule has 5 heteroatoms. The van der Waals surface area contributed by atoms with E-state index in [1.165, 1.54) is 9.78 Å². The van der Waals surface area contributed by atoms with Crippen LogP contribution >= 0.6 is 11.3 Å². The van der Waals surface area contributed by atoms with Crippen LogP contribution in [0, 0.1) is 0 Å². The van der Waals surface area contributed by atoms with Crippen LogP contribution in [0.4, 0.5) is 0 Å². The van der Waals surface area contributed by atoms with Gasteiger partial charge in [-0.25, -0.2) is 0 Å². The van der Waals surface area contributed by atoms with Gasteiger partial charge < -0.3 is 14.5 Å². The maximum Gasteiger partial charge on any atom is 0.234 e. The van der Waals surface area contributed by atoms with E-state index >= 15 is 0 Å². The molecular formula is C15H23N2O2S+. The summed E-state index contributed by atoms with van der Waals surface area (Å²) in [6.45, 7) is 5.29. The van der Waals surface area contributed by atoms with Gasteiger partial charge in [-0.15, -0.1) is 11.3 Å². The van der Waals surface area contributed by atoms with Crippen molar-refractivity contribution in [1.82, 2.24) is 4.90 Å². The number of nitrogens with one attached hydrogen (secondary N) is 1. The number of rotatable bonds is 2. The van der Waals surface area contributed by atoms with E-state index in [0.29, 0.717) is 19.1 Å². The summed E-state index contributed by atoms with van der Waals surface area (Å²) < 4.78 is 5.51. The van der Waals surface area contributed by atoms with Gasteiger partial charge in [-0.3, -0.25) is 4.79 Å². The smallest absolute Gasteiger partial charge is 0.234 e. The SMILES string of the molecule is C[NH+]1CCN(C(=O)C2(c3cccs3)CCOCC2)CC1. The predicted molar refractivity (Wildman–Crippen MR) is 79.3 cm³/mol. The lowest BCUT2D eigenvalue weighted by Crippen LogP contribution is -3.12. The molecule has 0 spiro atoms. The number of ether oxygens (including phenoxy) is 1. The zero-order chi connectivity index (χ0) is 14.0. The highest BCUT2D eigenvalue weighted by Gasteiger charge is 2.45. The van der Waals surface area contributed by atoms with Gasteiger partial charge in [0.05, 0.1) is 38.6 Å². The number of hydrogen-bond donors (Lipinski definition) is 1. The molecule has 0 atom stereocenters. The van der Waals surface area contributed by atoms with Crippen molar-refractivity contribution in [1.29, 1.82) is 0 Å². The Bertz CT molecular complexity index is 446. The van der Waals surface area contributed by atoms with E-state index in [9.17, 15) is 4.79 Å². The van der Waals surface area contributed by atoms with E-state index in [1.54, 1.807) is 11.3 Å². The minimum Gasteiger partial charge on any atom is -0.381 e. The number of hydrogen-bond acceptors (Lipinski definition) is 3. The van der Waals surface area contributed by atoms with Crippen molar-refractivity contribution in [3.05, 3.63) is 22.4 Å². The van der Waals surface area contributed by atoms with E-state index in [-0.39, 0.29) is 5.41 Å². The predicted octanol–water partition coefficient (Wildman–Crippen LogP) is 0.153. The van der Waals surface area contributed by atoms with E-state index in [2.05, 4.69) is 29.5 Å². The highest BCUT2D eigenvalue weighted by molar-refractivity contribution is 7.10. The van der Waals surface area contributed by atoms with Crippen LogP contribution in [0.3, 0.4) is 0 Å². The summed E-state index contributed by atoms with van der Waals surface area (Å²) in [6.07, 6.45) is 1.65. The molecule has 20 heavy (non-hydrogen) atoms. The number of carbonyl (C=O) groups excluding carboxylic acids is 1. The number of piperazine rings is 1. The highest BCUT2D eigenvalue weighted by Crippen LogP contribution is 2.39. The van der Waals surface area contributed by atoms with Gasteiger partial charge in [-0.2, -0.15) is 0 Å². The fraction of sp³-hybridized carbons (Fsp3) is 0.667. The lowest BCUT2D eigenvalue weighted by molar-refractivity contribution is -0.883. The molecule has 1 N–H and O–H groups in total. The average molecular weight is 295 g/mol. The number of nitrogens with zero attached hydrogens (tertiary/aromatic N) is 1. The first-order chi connectivity index (χ1) is 9.72. The number of likely N-dealkylation sites (N-methyl/N-ethyl adjacent to an activating group) is 1. The van der Waals surface area contributed by atoms with Crippen molar-refractivity contribution in [2.24, 2.45) is 0 Å². The minimum atomic E-state index is -0.322. The summed E-state index contributed by atoms with van der Waals surface area (Å²) in [5, 5.41) is 2.08. The van der Waals surface area contributed by atoms with Crippen LogP contribution in [-0.2, 0) is 14.9 Å². The first-order valence-electron chi connectivity index (χ1n) is 7.45. The Kier molecular flexibility index (Phi) is 4.10. The number of thiophene rings is 1. The van der Waals surface area contributed by atoms with Crippen LogP contribution in [-0.4, -0.2) is 57.2 Å². The molecule has 2 fully saturated rings. The first-order valence-corrected chi connectivity index (χ1v) is 8.33. The second-order valence-corrected chi connectivity index (χ2v) is 6.87. The molecule has 0 saturated carbocycles. The molecule has 1 amide bonds. The van der Waals surface area contributed by atoms with Crippen LogP contribution in [0.15, 0.2) is 17.5 Å². The Morgan fingerprint density at radius 3 is 2.65 bits per heavy atom. The first kappa shape index (κ1) is 14.0. The molecule has 0 aliphatic carbocycles. The molecule has 2 aliphatic heterocycles. The standard InChI is InChI=1S/C15H22N2O2S/c1-16-6-8-17(9-7-16)14(18)15(4-10-19-11-5-15)13-3-2-12-20-13/h2-3,12H,4-11H2,1H3/p+1.